The molecule has 9 heteroatoms. The number of nitro groups is 1. The highest BCUT2D eigenvalue weighted by Gasteiger charge is 2.46. The number of nitrogens with zero attached hydrogens (tertiary/aromatic N) is 2. The highest BCUT2D eigenvalue weighted by molar-refractivity contribution is 8.93. The quantitative estimate of drug-likeness (QED) is 0.301. The fourth-order valence-electron chi connectivity index (χ4n) is 2.49. The first-order valence-corrected chi connectivity index (χ1v) is 6.85. The second-order valence-electron chi connectivity index (χ2n) is 5.25. The van der Waals surface area contributed by atoms with E-state index in [1.165, 1.54) is 17.0 Å². The van der Waals surface area contributed by atoms with Gasteiger partial charge in [-0.25, -0.2) is 9.59 Å². The molecule has 126 valence electrons. The number of hydrogen-bond donors (Lipinski definition) is 2. The predicted octanol–water partition coefficient (Wildman–Crippen LogP) is 1.72. The van der Waals surface area contributed by atoms with Gasteiger partial charge in [-0.1, -0.05) is 12.1 Å². The van der Waals surface area contributed by atoms with Gasteiger partial charge in [0.1, 0.15) is 0 Å². The van der Waals surface area contributed by atoms with Crippen LogP contribution in [0.3, 0.4) is 0 Å². The summed E-state index contributed by atoms with van der Waals surface area (Å²) in [5, 5.41) is 28.3. The zero-order valence-electron chi connectivity index (χ0n) is 12.1. The average Bonchev–Trinajstić information content (AvgIpc) is 3.17. The molecule has 8 nitrogen and oxygen atoms in total. The maximum Gasteiger partial charge on any atom is 0.332 e. The van der Waals surface area contributed by atoms with Crippen LogP contribution in [0, 0.1) is 10.1 Å². The van der Waals surface area contributed by atoms with Crippen LogP contribution < -0.4 is 0 Å². The van der Waals surface area contributed by atoms with Crippen molar-refractivity contribution in [3.8, 4) is 0 Å². The number of hydrogen-bond acceptors (Lipinski definition) is 5. The van der Waals surface area contributed by atoms with E-state index < -0.39 is 22.9 Å². The molecule has 2 rings (SSSR count). The van der Waals surface area contributed by atoms with Crippen molar-refractivity contribution in [3.05, 3.63) is 39.9 Å². The molecule has 1 aliphatic rings. The number of benzene rings is 1. The number of aryl methyl sites for hydroxylation is 1. The van der Waals surface area contributed by atoms with Gasteiger partial charge in [0, 0.05) is 24.7 Å². The second-order valence-corrected chi connectivity index (χ2v) is 5.25. The summed E-state index contributed by atoms with van der Waals surface area (Å²) in [5.41, 5.74) is 1.01. The van der Waals surface area contributed by atoms with Gasteiger partial charge in [-0.15, -0.1) is 17.0 Å². The van der Waals surface area contributed by atoms with Crippen LogP contribution in [0.5, 0.6) is 0 Å². The van der Waals surface area contributed by atoms with Gasteiger partial charge in [0.15, 0.2) is 0 Å². The molecule has 2 atom stereocenters. The molecule has 1 aromatic rings. The smallest absolute Gasteiger partial charge is 0.332 e. The maximum absolute atomic E-state index is 10.9. The summed E-state index contributed by atoms with van der Waals surface area (Å²) in [4.78, 5) is 33.3. The summed E-state index contributed by atoms with van der Waals surface area (Å²) in [6, 6.07) is 4.80. The Morgan fingerprint density at radius 1 is 1.26 bits per heavy atom. The summed E-state index contributed by atoms with van der Waals surface area (Å²) in [5.74, 6) is -2.68. The Bertz CT molecular complexity index is 577. The number of aliphatic carboxylic acids is 2. The lowest BCUT2D eigenvalue weighted by Crippen LogP contribution is -2.38. The molecule has 0 radical (unpaired) electrons. The van der Waals surface area contributed by atoms with E-state index in [0.29, 0.717) is 19.4 Å². The lowest BCUT2D eigenvalue weighted by Gasteiger charge is -2.09. The second kappa shape index (κ2) is 8.02. The number of non-ortho nitro benzene ring substituents is 1. The third kappa shape index (κ3) is 5.00. The molecule has 1 aliphatic heterocycles. The van der Waals surface area contributed by atoms with Crippen LogP contribution >= 0.6 is 17.0 Å². The molecule has 2 unspecified atom stereocenters. The van der Waals surface area contributed by atoms with Crippen LogP contribution in [0.2, 0.25) is 0 Å². The van der Waals surface area contributed by atoms with Gasteiger partial charge < -0.3 is 10.2 Å². The number of rotatable bonds is 8. The lowest BCUT2D eigenvalue weighted by molar-refractivity contribution is -0.384. The largest absolute Gasteiger partial charge is 0.480 e. The van der Waals surface area contributed by atoms with Crippen molar-refractivity contribution < 1.29 is 24.7 Å². The Morgan fingerprint density at radius 3 is 2.30 bits per heavy atom. The minimum Gasteiger partial charge on any atom is -0.480 e. The van der Waals surface area contributed by atoms with Crippen LogP contribution in [0.15, 0.2) is 24.3 Å². The van der Waals surface area contributed by atoms with Gasteiger partial charge in [0.25, 0.3) is 5.69 Å². The fraction of sp³-hybridized carbons (Fsp3) is 0.429. The minimum atomic E-state index is -1.47. The van der Waals surface area contributed by atoms with Gasteiger partial charge in [-0.3, -0.25) is 15.0 Å². The molecule has 0 spiro atoms. The van der Waals surface area contributed by atoms with E-state index >= 15 is 0 Å². The van der Waals surface area contributed by atoms with Crippen molar-refractivity contribution in [1.29, 1.82) is 0 Å². The van der Waals surface area contributed by atoms with Gasteiger partial charge >= 0.3 is 11.9 Å². The van der Waals surface area contributed by atoms with Crippen LogP contribution in [0.1, 0.15) is 18.4 Å². The molecule has 0 aliphatic carbocycles. The van der Waals surface area contributed by atoms with Crippen molar-refractivity contribution in [2.45, 2.75) is 31.3 Å². The molecular weight excluding hydrogens is 372 g/mol. The molecule has 0 aromatic heterocycles. The summed E-state index contributed by atoms with van der Waals surface area (Å²) in [7, 11) is 0. The highest BCUT2D eigenvalue weighted by Crippen LogP contribution is 2.27. The summed E-state index contributed by atoms with van der Waals surface area (Å²) >= 11 is 0. The first-order chi connectivity index (χ1) is 10.4. The topological polar surface area (TPSA) is 121 Å². The fourth-order valence-corrected chi connectivity index (χ4v) is 2.49. The van der Waals surface area contributed by atoms with Gasteiger partial charge in [0.2, 0.25) is 6.04 Å². The highest BCUT2D eigenvalue weighted by atomic mass is 79.9. The zero-order chi connectivity index (χ0) is 16.3. The molecule has 23 heavy (non-hydrogen) atoms. The first kappa shape index (κ1) is 19.0. The Labute approximate surface area is 142 Å². The molecule has 1 saturated heterocycles. The Hall–Kier alpha value is -2.00. The van der Waals surface area contributed by atoms with Crippen molar-refractivity contribution in [2.24, 2.45) is 0 Å². The van der Waals surface area contributed by atoms with Crippen LogP contribution in [0.4, 0.5) is 5.69 Å². The molecule has 0 amide bonds. The van der Waals surface area contributed by atoms with E-state index in [9.17, 15) is 19.7 Å². The van der Waals surface area contributed by atoms with Crippen molar-refractivity contribution in [1.82, 2.24) is 4.90 Å². The molecule has 1 heterocycles. The molecule has 1 fully saturated rings. The van der Waals surface area contributed by atoms with Crippen molar-refractivity contribution in [3.63, 3.8) is 0 Å². The number of nitro benzene ring substituents is 1. The summed E-state index contributed by atoms with van der Waals surface area (Å²) < 4.78 is 0. The van der Waals surface area contributed by atoms with Gasteiger partial charge in [0.05, 0.1) is 4.92 Å². The van der Waals surface area contributed by atoms with E-state index in [2.05, 4.69) is 0 Å². The van der Waals surface area contributed by atoms with Crippen molar-refractivity contribution >= 4 is 34.6 Å². The standard InChI is InChI=1S/C14H16N2O6.BrH/c17-13(18)12(14(19)20)15-8-11(15)3-1-2-9-4-6-10(7-5-9)16(21)22;/h4-7,11-12H,1-3,8H2,(H,17,18)(H,19,20);1H. The van der Waals surface area contributed by atoms with Crippen LogP contribution in [-0.2, 0) is 16.0 Å². The number of carboxylic acids is 2. The molecule has 1 aromatic carbocycles. The predicted molar refractivity (Wildman–Crippen MR) is 85.9 cm³/mol. The van der Waals surface area contributed by atoms with Crippen LogP contribution in [0.25, 0.3) is 0 Å². The van der Waals surface area contributed by atoms with Crippen molar-refractivity contribution in [2.75, 3.05) is 6.54 Å². The van der Waals surface area contributed by atoms with Crippen LogP contribution in [-0.4, -0.2) is 50.6 Å². The van der Waals surface area contributed by atoms with E-state index in [0.717, 1.165) is 12.0 Å². The molecule has 0 saturated carbocycles. The third-order valence-corrected chi connectivity index (χ3v) is 3.71. The molecule has 0 bridgehead atoms. The van der Waals surface area contributed by atoms with E-state index in [1.54, 1.807) is 12.1 Å². The molecule has 2 N–H and O–H groups in total. The van der Waals surface area contributed by atoms with E-state index in [-0.39, 0.29) is 28.7 Å². The van der Waals surface area contributed by atoms with E-state index in [1.807, 2.05) is 0 Å². The lowest BCUT2D eigenvalue weighted by atomic mass is 10.1. The maximum atomic E-state index is 10.9. The summed E-state index contributed by atoms with van der Waals surface area (Å²) in [6.07, 6.45) is 2.19. The van der Waals surface area contributed by atoms with Gasteiger partial charge in [-0.2, -0.15) is 0 Å². The number of carbonyl (C=O) groups is 2. The Kier molecular flexibility index (Phi) is 6.64. The monoisotopic (exact) mass is 388 g/mol. The Balaban J connectivity index is 0.00000264. The number of halogens is 1. The molecular formula is C14H17BrN2O6. The Morgan fingerprint density at radius 2 is 1.83 bits per heavy atom. The zero-order valence-corrected chi connectivity index (χ0v) is 13.8. The normalized spacial score (nSPS) is 19.0. The van der Waals surface area contributed by atoms with E-state index in [4.69, 9.17) is 10.2 Å². The summed E-state index contributed by atoms with van der Waals surface area (Å²) in [6.45, 7) is 0.476. The number of carboxylic acid groups (broad SMARTS) is 2. The minimum absolute atomic E-state index is 0. The third-order valence-electron chi connectivity index (χ3n) is 3.71. The van der Waals surface area contributed by atoms with Gasteiger partial charge in [-0.05, 0) is 24.8 Å². The average molecular weight is 389 g/mol. The SMILES string of the molecule is Br.O=C(O)C(C(=O)O)N1CC1CCCc1ccc([N+](=O)[O-])cc1. The first-order valence-electron chi connectivity index (χ1n) is 6.85.